The summed E-state index contributed by atoms with van der Waals surface area (Å²) >= 11 is 0. The Bertz CT molecular complexity index is 959. The molecule has 0 unspecified atom stereocenters. The molecule has 2 fully saturated rings. The highest BCUT2D eigenvalue weighted by atomic mass is 16.2. The number of carbonyl (C=O) groups excluding carboxylic acids is 2. The highest BCUT2D eigenvalue weighted by Crippen LogP contribution is 2.31. The summed E-state index contributed by atoms with van der Waals surface area (Å²) in [6, 6.07) is 16.6. The molecule has 2 aromatic carbocycles. The van der Waals surface area contributed by atoms with Crippen molar-refractivity contribution in [3.8, 4) is 0 Å². The third-order valence-corrected chi connectivity index (χ3v) is 7.23. The maximum absolute atomic E-state index is 13.2. The summed E-state index contributed by atoms with van der Waals surface area (Å²) in [4.78, 5) is 28.2. The minimum absolute atomic E-state index is 0.0629. The van der Waals surface area contributed by atoms with Gasteiger partial charge in [0.05, 0.1) is 5.56 Å². The summed E-state index contributed by atoms with van der Waals surface area (Å²) in [5.41, 5.74) is 3.75. The molecular formula is C29H39N3O2. The molecule has 1 saturated carbocycles. The molecule has 0 atom stereocenters. The van der Waals surface area contributed by atoms with Gasteiger partial charge in [0.2, 0.25) is 5.91 Å². The summed E-state index contributed by atoms with van der Waals surface area (Å²) in [5, 5.41) is 6.15. The number of nitrogens with one attached hydrogen (secondary N) is 2. The van der Waals surface area contributed by atoms with Crippen LogP contribution in [-0.4, -0.2) is 31.4 Å². The first-order valence-corrected chi connectivity index (χ1v) is 13.0. The van der Waals surface area contributed by atoms with Crippen molar-refractivity contribution in [2.75, 3.05) is 29.9 Å². The van der Waals surface area contributed by atoms with Gasteiger partial charge in [0.15, 0.2) is 0 Å². The van der Waals surface area contributed by atoms with Gasteiger partial charge in [-0.25, -0.2) is 0 Å². The SMILES string of the molecule is CC(C)CNC(=O)c1cc(NC(=O)C2CCCC2)ccc1N1CCC(Cc2ccccc2)CC1. The second kappa shape index (κ2) is 11.5. The van der Waals surface area contributed by atoms with Gasteiger partial charge in [0, 0.05) is 36.9 Å². The zero-order chi connectivity index (χ0) is 23.9. The predicted octanol–water partition coefficient (Wildman–Crippen LogP) is 5.66. The number of amides is 2. The molecule has 2 aliphatic rings. The fourth-order valence-corrected chi connectivity index (χ4v) is 5.22. The molecule has 1 aliphatic carbocycles. The molecule has 34 heavy (non-hydrogen) atoms. The van der Waals surface area contributed by atoms with Crippen LogP contribution in [0.2, 0.25) is 0 Å². The number of anilines is 2. The average Bonchev–Trinajstić information content (AvgIpc) is 3.39. The number of rotatable bonds is 8. The molecule has 1 saturated heterocycles. The zero-order valence-electron chi connectivity index (χ0n) is 20.7. The number of benzene rings is 2. The lowest BCUT2D eigenvalue weighted by Gasteiger charge is -2.35. The Morgan fingerprint density at radius 2 is 1.68 bits per heavy atom. The van der Waals surface area contributed by atoms with Crippen LogP contribution in [0, 0.1) is 17.8 Å². The first kappa shape index (κ1) is 24.3. The third kappa shape index (κ3) is 6.40. The molecule has 4 rings (SSSR count). The van der Waals surface area contributed by atoms with Crippen LogP contribution < -0.4 is 15.5 Å². The molecule has 0 spiro atoms. The van der Waals surface area contributed by atoms with E-state index in [9.17, 15) is 9.59 Å². The lowest BCUT2D eigenvalue weighted by atomic mass is 9.89. The van der Waals surface area contributed by atoms with Crippen LogP contribution >= 0.6 is 0 Å². The van der Waals surface area contributed by atoms with Crippen molar-refractivity contribution in [3.63, 3.8) is 0 Å². The Labute approximate surface area is 204 Å². The van der Waals surface area contributed by atoms with Crippen LogP contribution in [0.4, 0.5) is 11.4 Å². The van der Waals surface area contributed by atoms with E-state index in [2.05, 4.69) is 59.7 Å². The zero-order valence-corrected chi connectivity index (χ0v) is 20.7. The van der Waals surface area contributed by atoms with Crippen LogP contribution in [0.5, 0.6) is 0 Å². The number of piperidine rings is 1. The quantitative estimate of drug-likeness (QED) is 0.533. The molecule has 0 radical (unpaired) electrons. The van der Waals surface area contributed by atoms with E-state index in [1.807, 2.05) is 18.2 Å². The van der Waals surface area contributed by atoms with Crippen molar-refractivity contribution >= 4 is 23.2 Å². The van der Waals surface area contributed by atoms with E-state index in [0.717, 1.165) is 63.7 Å². The fourth-order valence-electron chi connectivity index (χ4n) is 5.22. The van der Waals surface area contributed by atoms with Crippen molar-refractivity contribution in [1.82, 2.24) is 5.32 Å². The van der Waals surface area contributed by atoms with Crippen LogP contribution in [-0.2, 0) is 11.2 Å². The van der Waals surface area contributed by atoms with Crippen molar-refractivity contribution in [3.05, 3.63) is 59.7 Å². The van der Waals surface area contributed by atoms with Crippen LogP contribution in [0.1, 0.15) is 68.3 Å². The monoisotopic (exact) mass is 461 g/mol. The first-order valence-electron chi connectivity index (χ1n) is 13.0. The van der Waals surface area contributed by atoms with E-state index in [-0.39, 0.29) is 17.7 Å². The van der Waals surface area contributed by atoms with Crippen LogP contribution in [0.15, 0.2) is 48.5 Å². The number of hydrogen-bond acceptors (Lipinski definition) is 3. The van der Waals surface area contributed by atoms with Gasteiger partial charge in [-0.05, 0) is 67.7 Å². The highest BCUT2D eigenvalue weighted by molar-refractivity contribution is 6.02. The Morgan fingerprint density at radius 1 is 0.971 bits per heavy atom. The van der Waals surface area contributed by atoms with E-state index >= 15 is 0 Å². The van der Waals surface area contributed by atoms with Gasteiger partial charge in [0.25, 0.3) is 5.91 Å². The molecule has 5 heteroatoms. The van der Waals surface area contributed by atoms with Gasteiger partial charge in [-0.15, -0.1) is 0 Å². The van der Waals surface area contributed by atoms with E-state index in [4.69, 9.17) is 0 Å². The third-order valence-electron chi connectivity index (χ3n) is 7.23. The second-order valence-corrected chi connectivity index (χ2v) is 10.4. The lowest BCUT2D eigenvalue weighted by Crippen LogP contribution is -2.36. The largest absolute Gasteiger partial charge is 0.371 e. The second-order valence-electron chi connectivity index (χ2n) is 10.4. The molecule has 0 bridgehead atoms. The summed E-state index contributed by atoms with van der Waals surface area (Å²) in [6.07, 6.45) is 7.51. The van der Waals surface area contributed by atoms with Crippen molar-refractivity contribution in [1.29, 1.82) is 0 Å². The standard InChI is InChI=1S/C29H39N3O2/c1-21(2)20-30-29(34)26-19-25(31-28(33)24-10-6-7-11-24)12-13-27(26)32-16-14-23(15-17-32)18-22-8-4-3-5-9-22/h3-5,8-9,12-13,19,21,23-24H,6-7,10-11,14-18,20H2,1-2H3,(H,30,34)(H,31,33). The Kier molecular flexibility index (Phi) is 8.25. The molecule has 182 valence electrons. The maximum atomic E-state index is 13.2. The molecule has 2 amide bonds. The Morgan fingerprint density at radius 3 is 2.35 bits per heavy atom. The van der Waals surface area contributed by atoms with Gasteiger partial charge in [0.1, 0.15) is 0 Å². The number of carbonyl (C=O) groups is 2. The van der Waals surface area contributed by atoms with Gasteiger partial charge >= 0.3 is 0 Å². The molecule has 2 aromatic rings. The topological polar surface area (TPSA) is 61.4 Å². The predicted molar refractivity (Wildman–Crippen MR) is 139 cm³/mol. The molecule has 2 N–H and O–H groups in total. The molecule has 1 heterocycles. The summed E-state index contributed by atoms with van der Waals surface area (Å²) in [5.74, 6) is 1.17. The Hall–Kier alpha value is -2.82. The fraction of sp³-hybridized carbons (Fsp3) is 0.517. The number of nitrogens with zero attached hydrogens (tertiary/aromatic N) is 1. The highest BCUT2D eigenvalue weighted by Gasteiger charge is 2.25. The van der Waals surface area contributed by atoms with Gasteiger partial charge in [-0.3, -0.25) is 9.59 Å². The minimum atomic E-state index is -0.0629. The van der Waals surface area contributed by atoms with Crippen molar-refractivity contribution < 1.29 is 9.59 Å². The number of hydrogen-bond donors (Lipinski definition) is 2. The van der Waals surface area contributed by atoms with Crippen molar-refractivity contribution in [2.24, 2.45) is 17.8 Å². The normalized spacial score (nSPS) is 17.2. The minimum Gasteiger partial charge on any atom is -0.371 e. The smallest absolute Gasteiger partial charge is 0.253 e. The molecule has 1 aliphatic heterocycles. The molecular weight excluding hydrogens is 422 g/mol. The molecule has 0 aromatic heterocycles. The van der Waals surface area contributed by atoms with Gasteiger partial charge in [-0.1, -0.05) is 57.0 Å². The summed E-state index contributed by atoms with van der Waals surface area (Å²) in [6.45, 7) is 6.70. The van der Waals surface area contributed by atoms with E-state index < -0.39 is 0 Å². The van der Waals surface area contributed by atoms with E-state index in [0.29, 0.717) is 29.6 Å². The lowest BCUT2D eigenvalue weighted by molar-refractivity contribution is -0.119. The molecule has 5 nitrogen and oxygen atoms in total. The summed E-state index contributed by atoms with van der Waals surface area (Å²) < 4.78 is 0. The average molecular weight is 462 g/mol. The van der Waals surface area contributed by atoms with Crippen LogP contribution in [0.25, 0.3) is 0 Å². The van der Waals surface area contributed by atoms with E-state index in [1.165, 1.54) is 5.56 Å². The van der Waals surface area contributed by atoms with Crippen molar-refractivity contribution in [2.45, 2.75) is 58.8 Å². The van der Waals surface area contributed by atoms with Gasteiger partial charge in [-0.2, -0.15) is 0 Å². The summed E-state index contributed by atoms with van der Waals surface area (Å²) in [7, 11) is 0. The maximum Gasteiger partial charge on any atom is 0.253 e. The first-order chi connectivity index (χ1) is 16.5. The van der Waals surface area contributed by atoms with E-state index in [1.54, 1.807) is 0 Å². The van der Waals surface area contributed by atoms with Crippen LogP contribution in [0.3, 0.4) is 0 Å². The Balaban J connectivity index is 1.46. The van der Waals surface area contributed by atoms with Gasteiger partial charge < -0.3 is 15.5 Å².